The summed E-state index contributed by atoms with van der Waals surface area (Å²) in [6.07, 6.45) is 1.60. The van der Waals surface area contributed by atoms with Gasteiger partial charge in [-0.05, 0) is 55.5 Å². The van der Waals surface area contributed by atoms with Gasteiger partial charge in [0, 0.05) is 16.1 Å². The number of carbonyl (C=O) groups is 1. The number of amides is 1. The molecule has 0 spiro atoms. The third-order valence-corrected chi connectivity index (χ3v) is 6.19. The summed E-state index contributed by atoms with van der Waals surface area (Å²) in [5.41, 5.74) is 2.40. The predicted molar refractivity (Wildman–Crippen MR) is 120 cm³/mol. The molecule has 31 heavy (non-hydrogen) atoms. The van der Waals surface area contributed by atoms with Gasteiger partial charge in [0.1, 0.15) is 17.9 Å². The summed E-state index contributed by atoms with van der Waals surface area (Å²) in [5, 5.41) is 12.0. The van der Waals surface area contributed by atoms with Crippen molar-refractivity contribution in [1.29, 1.82) is 0 Å². The molecule has 158 valence electrons. The molecule has 1 amide bonds. The van der Waals surface area contributed by atoms with Crippen molar-refractivity contribution in [3.8, 4) is 22.7 Å². The Bertz CT molecular complexity index is 1190. The smallest absolute Gasteiger partial charge is 0.236 e. The van der Waals surface area contributed by atoms with E-state index in [4.69, 9.17) is 4.74 Å². The summed E-state index contributed by atoms with van der Waals surface area (Å²) < 4.78 is 20.1. The van der Waals surface area contributed by atoms with E-state index in [-0.39, 0.29) is 17.5 Å². The van der Waals surface area contributed by atoms with Crippen molar-refractivity contribution < 1.29 is 13.9 Å². The average molecular weight is 456 g/mol. The molecule has 2 aromatic carbocycles. The third-order valence-electron chi connectivity index (χ3n) is 4.36. The first-order chi connectivity index (χ1) is 15.0. The second kappa shape index (κ2) is 9.27. The van der Waals surface area contributed by atoms with E-state index < -0.39 is 0 Å². The standard InChI is InChI=1S/C21H18FN5O2S2/c1-13-19(14-3-5-15(22)6-4-14)25-20(31-13)24-18(28)11-30-21-26-23-12-27(21)16-7-9-17(29-2)10-8-16/h3-10,12H,11H2,1-2H3,(H,24,25,28). The van der Waals surface area contributed by atoms with Gasteiger partial charge in [-0.3, -0.25) is 9.36 Å². The number of hydrogen-bond donors (Lipinski definition) is 1. The van der Waals surface area contributed by atoms with E-state index >= 15 is 0 Å². The molecule has 7 nitrogen and oxygen atoms in total. The number of benzene rings is 2. The van der Waals surface area contributed by atoms with Crippen LogP contribution in [0.1, 0.15) is 4.88 Å². The van der Waals surface area contributed by atoms with Crippen molar-refractivity contribution in [3.63, 3.8) is 0 Å². The molecule has 4 aromatic rings. The quantitative estimate of drug-likeness (QED) is 0.411. The molecule has 0 fully saturated rings. The van der Waals surface area contributed by atoms with E-state index in [0.717, 1.165) is 27.6 Å². The lowest BCUT2D eigenvalue weighted by Gasteiger charge is -2.07. The minimum Gasteiger partial charge on any atom is -0.497 e. The third kappa shape index (κ3) is 4.92. The van der Waals surface area contributed by atoms with Gasteiger partial charge in [-0.1, -0.05) is 11.8 Å². The lowest BCUT2D eigenvalue weighted by atomic mass is 10.1. The molecule has 4 rings (SSSR count). The number of ether oxygens (including phenoxy) is 1. The van der Waals surface area contributed by atoms with Gasteiger partial charge in [0.05, 0.1) is 18.6 Å². The maximum absolute atomic E-state index is 13.2. The monoisotopic (exact) mass is 455 g/mol. The number of halogens is 1. The van der Waals surface area contributed by atoms with Gasteiger partial charge in [-0.2, -0.15) is 0 Å². The van der Waals surface area contributed by atoms with Gasteiger partial charge in [0.25, 0.3) is 0 Å². The van der Waals surface area contributed by atoms with Crippen LogP contribution in [0.3, 0.4) is 0 Å². The number of nitrogens with zero attached hydrogens (tertiary/aromatic N) is 4. The Balaban J connectivity index is 1.40. The van der Waals surface area contributed by atoms with Gasteiger partial charge in [0.2, 0.25) is 5.91 Å². The molecule has 10 heteroatoms. The molecule has 0 aliphatic carbocycles. The Labute approximate surface area is 186 Å². The molecule has 0 atom stereocenters. The molecule has 0 bridgehead atoms. The number of methoxy groups -OCH3 is 1. The molecule has 0 saturated heterocycles. The van der Waals surface area contributed by atoms with E-state index in [9.17, 15) is 9.18 Å². The molecule has 2 aromatic heterocycles. The largest absolute Gasteiger partial charge is 0.497 e. The van der Waals surface area contributed by atoms with E-state index in [1.54, 1.807) is 30.1 Å². The van der Waals surface area contributed by atoms with Crippen LogP contribution in [-0.2, 0) is 4.79 Å². The second-order valence-electron chi connectivity index (χ2n) is 6.45. The van der Waals surface area contributed by atoms with Crippen LogP contribution in [0.5, 0.6) is 5.75 Å². The molecular formula is C21H18FN5O2S2. The normalized spacial score (nSPS) is 10.8. The fraction of sp³-hybridized carbons (Fsp3) is 0.143. The average Bonchev–Trinajstić information content (AvgIpc) is 3.39. The van der Waals surface area contributed by atoms with Gasteiger partial charge in [-0.15, -0.1) is 21.5 Å². The van der Waals surface area contributed by atoms with Gasteiger partial charge < -0.3 is 10.1 Å². The first kappa shape index (κ1) is 21.0. The zero-order valence-electron chi connectivity index (χ0n) is 16.7. The van der Waals surface area contributed by atoms with Crippen LogP contribution in [0, 0.1) is 12.7 Å². The zero-order chi connectivity index (χ0) is 21.8. The van der Waals surface area contributed by atoms with E-state index in [0.29, 0.717) is 10.3 Å². The molecule has 2 heterocycles. The molecule has 0 radical (unpaired) electrons. The minimum atomic E-state index is -0.301. The van der Waals surface area contributed by atoms with Crippen molar-refractivity contribution in [2.75, 3.05) is 18.2 Å². The highest BCUT2D eigenvalue weighted by molar-refractivity contribution is 7.99. The highest BCUT2D eigenvalue weighted by Crippen LogP contribution is 2.30. The zero-order valence-corrected chi connectivity index (χ0v) is 18.3. The van der Waals surface area contributed by atoms with Crippen molar-refractivity contribution in [2.24, 2.45) is 0 Å². The number of hydrogen-bond acceptors (Lipinski definition) is 7. The molecule has 0 unspecified atom stereocenters. The first-order valence-corrected chi connectivity index (χ1v) is 11.0. The van der Waals surface area contributed by atoms with Crippen molar-refractivity contribution in [3.05, 3.63) is 65.6 Å². The summed E-state index contributed by atoms with van der Waals surface area (Å²) in [5.74, 6) is 0.404. The van der Waals surface area contributed by atoms with Gasteiger partial charge >= 0.3 is 0 Å². The first-order valence-electron chi connectivity index (χ1n) is 9.24. The highest BCUT2D eigenvalue weighted by Gasteiger charge is 2.14. The molecule has 1 N–H and O–H groups in total. The molecular weight excluding hydrogens is 437 g/mol. The van der Waals surface area contributed by atoms with Crippen molar-refractivity contribution >= 4 is 34.1 Å². The number of rotatable bonds is 7. The van der Waals surface area contributed by atoms with Gasteiger partial charge in [-0.25, -0.2) is 9.37 Å². The maximum atomic E-state index is 13.2. The van der Waals surface area contributed by atoms with Crippen LogP contribution in [0.25, 0.3) is 16.9 Å². The topological polar surface area (TPSA) is 81.9 Å². The summed E-state index contributed by atoms with van der Waals surface area (Å²) in [6, 6.07) is 13.6. The fourth-order valence-corrected chi connectivity index (χ4v) is 4.43. The Morgan fingerprint density at radius 3 is 2.65 bits per heavy atom. The molecule has 0 saturated carbocycles. The number of anilines is 1. The van der Waals surface area contributed by atoms with E-state index in [2.05, 4.69) is 20.5 Å². The Morgan fingerprint density at radius 1 is 1.19 bits per heavy atom. The summed E-state index contributed by atoms with van der Waals surface area (Å²) in [6.45, 7) is 1.91. The van der Waals surface area contributed by atoms with E-state index in [1.807, 2.05) is 31.2 Å². The maximum Gasteiger partial charge on any atom is 0.236 e. The Kier molecular flexibility index (Phi) is 6.28. The SMILES string of the molecule is COc1ccc(-n2cnnc2SCC(=O)Nc2nc(-c3ccc(F)cc3)c(C)s2)cc1. The van der Waals surface area contributed by atoms with Crippen LogP contribution in [0.2, 0.25) is 0 Å². The lowest BCUT2D eigenvalue weighted by molar-refractivity contribution is -0.113. The van der Waals surface area contributed by atoms with Crippen LogP contribution in [-0.4, -0.2) is 38.5 Å². The Morgan fingerprint density at radius 2 is 1.94 bits per heavy atom. The number of nitrogens with one attached hydrogen (secondary N) is 1. The summed E-state index contributed by atoms with van der Waals surface area (Å²) >= 11 is 2.65. The van der Waals surface area contributed by atoms with Crippen LogP contribution in [0.15, 0.2) is 60.0 Å². The summed E-state index contributed by atoms with van der Waals surface area (Å²) in [4.78, 5) is 17.9. The number of thiazole rings is 1. The van der Waals surface area contributed by atoms with Crippen LogP contribution in [0.4, 0.5) is 9.52 Å². The molecule has 0 aliphatic rings. The summed E-state index contributed by atoms with van der Waals surface area (Å²) in [7, 11) is 1.61. The Hall–Kier alpha value is -3.24. The van der Waals surface area contributed by atoms with E-state index in [1.165, 1.54) is 35.2 Å². The lowest BCUT2D eigenvalue weighted by Crippen LogP contribution is -2.14. The molecule has 0 aliphatic heterocycles. The number of thioether (sulfide) groups is 1. The second-order valence-corrected chi connectivity index (χ2v) is 8.59. The fourth-order valence-electron chi connectivity index (χ4n) is 2.85. The van der Waals surface area contributed by atoms with Crippen LogP contribution < -0.4 is 10.1 Å². The highest BCUT2D eigenvalue weighted by atomic mass is 32.2. The van der Waals surface area contributed by atoms with Crippen LogP contribution >= 0.6 is 23.1 Å². The number of aryl methyl sites for hydroxylation is 1. The minimum absolute atomic E-state index is 0.152. The number of carbonyl (C=O) groups excluding carboxylic acids is 1. The van der Waals surface area contributed by atoms with Crippen molar-refractivity contribution in [2.45, 2.75) is 12.1 Å². The van der Waals surface area contributed by atoms with Gasteiger partial charge in [0.15, 0.2) is 10.3 Å². The number of aromatic nitrogens is 4. The predicted octanol–water partition coefficient (Wildman–Crippen LogP) is 4.58. The van der Waals surface area contributed by atoms with Crippen molar-refractivity contribution in [1.82, 2.24) is 19.7 Å².